The van der Waals surface area contributed by atoms with Crippen molar-refractivity contribution in [2.24, 2.45) is 0 Å². The van der Waals surface area contributed by atoms with Crippen LogP contribution in [0.25, 0.3) is 22.6 Å². The first-order valence-corrected chi connectivity index (χ1v) is 10.1. The van der Waals surface area contributed by atoms with E-state index < -0.39 is 0 Å². The van der Waals surface area contributed by atoms with E-state index in [2.05, 4.69) is 15.3 Å². The van der Waals surface area contributed by atoms with E-state index in [-0.39, 0.29) is 5.91 Å². The molecule has 2 heterocycles. The third kappa shape index (κ3) is 4.93. The van der Waals surface area contributed by atoms with Crippen molar-refractivity contribution in [3.63, 3.8) is 0 Å². The van der Waals surface area contributed by atoms with Gasteiger partial charge in [-0.1, -0.05) is 42.5 Å². The quantitative estimate of drug-likeness (QED) is 0.484. The molecule has 0 radical (unpaired) electrons. The van der Waals surface area contributed by atoms with Gasteiger partial charge in [0, 0.05) is 36.3 Å². The molecule has 0 aliphatic carbocycles. The van der Waals surface area contributed by atoms with Crippen LogP contribution in [0.5, 0.6) is 5.75 Å². The number of benzene rings is 2. The third-order valence-corrected chi connectivity index (χ3v) is 4.68. The van der Waals surface area contributed by atoms with E-state index in [0.717, 1.165) is 22.4 Å². The molecule has 4 aromatic rings. The van der Waals surface area contributed by atoms with Gasteiger partial charge in [-0.2, -0.15) is 0 Å². The summed E-state index contributed by atoms with van der Waals surface area (Å²) in [5.74, 6) is 1.10. The number of nitrogens with one attached hydrogen (secondary N) is 1. The van der Waals surface area contributed by atoms with Crippen molar-refractivity contribution in [2.45, 2.75) is 13.5 Å². The Kier molecular flexibility index (Phi) is 6.28. The molecule has 4 rings (SSSR count). The van der Waals surface area contributed by atoms with Crippen molar-refractivity contribution >= 4 is 5.91 Å². The lowest BCUT2D eigenvalue weighted by Crippen LogP contribution is -2.24. The van der Waals surface area contributed by atoms with Gasteiger partial charge in [0.05, 0.1) is 17.9 Å². The van der Waals surface area contributed by atoms with E-state index in [1.165, 1.54) is 0 Å². The lowest BCUT2D eigenvalue weighted by atomic mass is 10.1. The average molecular weight is 410 g/mol. The van der Waals surface area contributed by atoms with Gasteiger partial charge < -0.3 is 10.1 Å². The minimum atomic E-state index is -0.242. The van der Waals surface area contributed by atoms with Crippen molar-refractivity contribution in [2.75, 3.05) is 6.61 Å². The maximum absolute atomic E-state index is 13.0. The number of hydrogen-bond donors (Lipinski definition) is 1. The lowest BCUT2D eigenvalue weighted by molar-refractivity contribution is 0.0951. The van der Waals surface area contributed by atoms with E-state index in [1.54, 1.807) is 18.6 Å². The summed E-state index contributed by atoms with van der Waals surface area (Å²) in [4.78, 5) is 26.3. The van der Waals surface area contributed by atoms with Crippen molar-refractivity contribution < 1.29 is 9.53 Å². The van der Waals surface area contributed by atoms with Gasteiger partial charge in [-0.25, -0.2) is 9.97 Å². The van der Waals surface area contributed by atoms with E-state index in [0.29, 0.717) is 30.2 Å². The Morgan fingerprint density at radius 1 is 0.968 bits per heavy atom. The van der Waals surface area contributed by atoms with Crippen molar-refractivity contribution in [3.8, 4) is 28.4 Å². The van der Waals surface area contributed by atoms with Gasteiger partial charge in [-0.15, -0.1) is 0 Å². The molecule has 0 spiro atoms. The smallest absolute Gasteiger partial charge is 0.255 e. The molecule has 0 aliphatic heterocycles. The molecule has 6 nitrogen and oxygen atoms in total. The molecule has 0 atom stereocenters. The Bertz CT molecular complexity index is 1160. The minimum absolute atomic E-state index is 0.242. The Balaban J connectivity index is 1.62. The fourth-order valence-electron chi connectivity index (χ4n) is 3.19. The molecule has 2 aromatic carbocycles. The molecule has 0 fully saturated rings. The molecule has 0 saturated carbocycles. The number of amides is 1. The summed E-state index contributed by atoms with van der Waals surface area (Å²) in [5.41, 5.74) is 3.62. The van der Waals surface area contributed by atoms with Crippen LogP contribution in [0.1, 0.15) is 22.8 Å². The van der Waals surface area contributed by atoms with Gasteiger partial charge in [0.1, 0.15) is 5.75 Å². The SMILES string of the molecule is CCOc1cccc(CNC(=O)c2cnc(-c3ccccc3)nc2-c2ccncc2)c1. The third-order valence-electron chi connectivity index (χ3n) is 4.68. The summed E-state index contributed by atoms with van der Waals surface area (Å²) in [6.07, 6.45) is 4.94. The lowest BCUT2D eigenvalue weighted by Gasteiger charge is -2.12. The number of ether oxygens (including phenoxy) is 1. The highest BCUT2D eigenvalue weighted by molar-refractivity contribution is 5.99. The molecule has 1 N–H and O–H groups in total. The van der Waals surface area contributed by atoms with Crippen LogP contribution in [0, 0.1) is 0 Å². The number of aromatic nitrogens is 3. The van der Waals surface area contributed by atoms with Gasteiger partial charge >= 0.3 is 0 Å². The molecular formula is C25H22N4O2. The Morgan fingerprint density at radius 2 is 1.77 bits per heavy atom. The van der Waals surface area contributed by atoms with E-state index >= 15 is 0 Å². The number of carbonyl (C=O) groups excluding carboxylic acids is 1. The first-order valence-electron chi connectivity index (χ1n) is 10.1. The zero-order chi connectivity index (χ0) is 21.5. The maximum atomic E-state index is 13.0. The fourth-order valence-corrected chi connectivity index (χ4v) is 3.19. The van der Waals surface area contributed by atoms with Gasteiger partial charge in [-0.05, 0) is 36.8 Å². The highest BCUT2D eigenvalue weighted by Gasteiger charge is 2.17. The molecule has 1 amide bonds. The summed E-state index contributed by atoms with van der Waals surface area (Å²) >= 11 is 0. The molecule has 31 heavy (non-hydrogen) atoms. The fraction of sp³-hybridized carbons (Fsp3) is 0.120. The van der Waals surface area contributed by atoms with Crippen LogP contribution in [-0.2, 0) is 6.54 Å². The van der Waals surface area contributed by atoms with Crippen LogP contribution < -0.4 is 10.1 Å². The predicted octanol–water partition coefficient (Wildman–Crippen LogP) is 4.53. The molecule has 0 aliphatic rings. The second-order valence-electron chi connectivity index (χ2n) is 6.82. The number of hydrogen-bond acceptors (Lipinski definition) is 5. The second kappa shape index (κ2) is 9.63. The number of nitrogens with zero attached hydrogens (tertiary/aromatic N) is 3. The summed E-state index contributed by atoms with van der Waals surface area (Å²) in [7, 11) is 0. The van der Waals surface area contributed by atoms with Crippen LogP contribution in [0.3, 0.4) is 0 Å². The molecule has 2 aromatic heterocycles. The van der Waals surface area contributed by atoms with Crippen molar-refractivity contribution in [1.29, 1.82) is 0 Å². The normalized spacial score (nSPS) is 10.5. The average Bonchev–Trinajstić information content (AvgIpc) is 2.84. The molecular weight excluding hydrogens is 388 g/mol. The molecule has 0 unspecified atom stereocenters. The molecule has 0 bridgehead atoms. The summed E-state index contributed by atoms with van der Waals surface area (Å²) < 4.78 is 5.53. The van der Waals surface area contributed by atoms with Gasteiger partial charge in [-0.3, -0.25) is 9.78 Å². The van der Waals surface area contributed by atoms with Crippen LogP contribution >= 0.6 is 0 Å². The molecule has 0 saturated heterocycles. The Morgan fingerprint density at radius 3 is 2.55 bits per heavy atom. The first-order chi connectivity index (χ1) is 15.2. The highest BCUT2D eigenvalue weighted by Crippen LogP contribution is 2.24. The topological polar surface area (TPSA) is 77.0 Å². The van der Waals surface area contributed by atoms with E-state index in [4.69, 9.17) is 9.72 Å². The van der Waals surface area contributed by atoms with Gasteiger partial charge in [0.25, 0.3) is 5.91 Å². The number of rotatable bonds is 7. The van der Waals surface area contributed by atoms with Crippen LogP contribution in [0.15, 0.2) is 85.3 Å². The maximum Gasteiger partial charge on any atom is 0.255 e. The van der Waals surface area contributed by atoms with Crippen LogP contribution in [0.4, 0.5) is 0 Å². The number of pyridine rings is 1. The predicted molar refractivity (Wildman–Crippen MR) is 119 cm³/mol. The van der Waals surface area contributed by atoms with E-state index in [1.807, 2.05) is 73.7 Å². The minimum Gasteiger partial charge on any atom is -0.494 e. The standard InChI is InChI=1S/C25H22N4O2/c1-2-31-21-10-6-7-18(15-21)16-28-25(30)22-17-27-24(20-8-4-3-5-9-20)29-23(22)19-11-13-26-14-12-19/h3-15,17H,2,16H2,1H3,(H,28,30). The van der Waals surface area contributed by atoms with Crippen molar-refractivity contribution in [3.05, 3.63) is 96.4 Å². The van der Waals surface area contributed by atoms with Crippen molar-refractivity contribution in [1.82, 2.24) is 20.3 Å². The van der Waals surface area contributed by atoms with Crippen LogP contribution in [-0.4, -0.2) is 27.5 Å². The Hall–Kier alpha value is -4.06. The first kappa shape index (κ1) is 20.2. The molecule has 154 valence electrons. The monoisotopic (exact) mass is 410 g/mol. The highest BCUT2D eigenvalue weighted by atomic mass is 16.5. The summed E-state index contributed by atoms with van der Waals surface area (Å²) in [6.45, 7) is 2.90. The van der Waals surface area contributed by atoms with Gasteiger partial charge in [0.2, 0.25) is 0 Å². The zero-order valence-electron chi connectivity index (χ0n) is 17.2. The largest absolute Gasteiger partial charge is 0.494 e. The zero-order valence-corrected chi connectivity index (χ0v) is 17.2. The summed E-state index contributed by atoms with van der Waals surface area (Å²) in [5, 5.41) is 2.96. The van der Waals surface area contributed by atoms with Crippen LogP contribution in [0.2, 0.25) is 0 Å². The van der Waals surface area contributed by atoms with Gasteiger partial charge in [0.15, 0.2) is 5.82 Å². The number of carbonyl (C=O) groups is 1. The second-order valence-corrected chi connectivity index (χ2v) is 6.82. The molecule has 6 heteroatoms. The summed E-state index contributed by atoms with van der Waals surface area (Å²) in [6, 6.07) is 21.0. The van der Waals surface area contributed by atoms with E-state index in [9.17, 15) is 4.79 Å². The Labute approximate surface area is 181 Å².